The fourth-order valence-corrected chi connectivity index (χ4v) is 4.94. The van der Waals surface area contributed by atoms with Gasteiger partial charge in [0.1, 0.15) is 12.0 Å². The average Bonchev–Trinajstić information content (AvgIpc) is 3.33. The summed E-state index contributed by atoms with van der Waals surface area (Å²) >= 11 is 1.07. The number of esters is 1. The quantitative estimate of drug-likeness (QED) is 0.275. The van der Waals surface area contributed by atoms with Crippen molar-refractivity contribution < 1.29 is 43.3 Å². The number of fused-ring (bicyclic) bond motifs is 2. The van der Waals surface area contributed by atoms with Crippen LogP contribution in [-0.2, 0) is 35.1 Å². The minimum atomic E-state index is -1.35. The van der Waals surface area contributed by atoms with Crippen molar-refractivity contribution in [3.63, 3.8) is 0 Å². The van der Waals surface area contributed by atoms with E-state index in [1.165, 1.54) is 12.2 Å². The normalized spacial score (nSPS) is 21.1. The van der Waals surface area contributed by atoms with Crippen LogP contribution in [0.4, 0.5) is 0 Å². The predicted molar refractivity (Wildman–Crippen MR) is 134 cm³/mol. The van der Waals surface area contributed by atoms with E-state index >= 15 is 0 Å². The lowest BCUT2D eigenvalue weighted by Crippen LogP contribution is -2.67. The summed E-state index contributed by atoms with van der Waals surface area (Å²) in [4.78, 5) is 63.2. The highest BCUT2D eigenvalue weighted by molar-refractivity contribution is 8.00. The number of thioether (sulfide) groups is 1. The lowest BCUT2D eigenvalue weighted by Gasteiger charge is -2.44. The Morgan fingerprint density at radius 1 is 1.21 bits per heavy atom. The maximum Gasteiger partial charge on any atom is 0.332 e. The molecule has 0 saturated carbocycles. The number of carboxylic acid groups (broad SMARTS) is 1. The van der Waals surface area contributed by atoms with Crippen molar-refractivity contribution in [2.45, 2.75) is 50.9 Å². The molecule has 1 unspecified atom stereocenters. The molecule has 204 valence electrons. The molecule has 0 spiro atoms. The van der Waals surface area contributed by atoms with E-state index in [1.807, 2.05) is 0 Å². The summed E-state index contributed by atoms with van der Waals surface area (Å²) in [6, 6.07) is 2.66. The van der Waals surface area contributed by atoms with Crippen LogP contribution in [0.1, 0.15) is 32.8 Å². The summed E-state index contributed by atoms with van der Waals surface area (Å²) in [7, 11) is 0. The molecule has 0 aromatic heterocycles. The van der Waals surface area contributed by atoms with E-state index in [0.29, 0.717) is 11.5 Å². The number of benzene rings is 1. The Kier molecular flexibility index (Phi) is 7.86. The smallest absolute Gasteiger partial charge is 0.332 e. The Balaban J connectivity index is 1.49. The van der Waals surface area contributed by atoms with Gasteiger partial charge in [-0.15, -0.1) is 11.8 Å². The fraction of sp³-hybridized carbons (Fsp3) is 0.480. The maximum absolute atomic E-state index is 13.4. The molecule has 4 rings (SSSR count). The fourth-order valence-electron chi connectivity index (χ4n) is 4.07. The van der Waals surface area contributed by atoms with E-state index in [4.69, 9.17) is 14.2 Å². The molecule has 38 heavy (non-hydrogen) atoms. The van der Waals surface area contributed by atoms with Gasteiger partial charge < -0.3 is 24.6 Å². The highest BCUT2D eigenvalue weighted by Crippen LogP contribution is 2.34. The Labute approximate surface area is 223 Å². The van der Waals surface area contributed by atoms with Crippen LogP contribution < -0.4 is 14.8 Å². The second-order valence-corrected chi connectivity index (χ2v) is 11.1. The molecule has 3 atom stereocenters. The third-order valence-corrected chi connectivity index (χ3v) is 7.14. The van der Waals surface area contributed by atoms with Crippen molar-refractivity contribution in [2.24, 2.45) is 5.41 Å². The van der Waals surface area contributed by atoms with Crippen LogP contribution in [0, 0.1) is 5.41 Å². The van der Waals surface area contributed by atoms with Gasteiger partial charge in [-0.1, -0.05) is 18.2 Å². The van der Waals surface area contributed by atoms with Gasteiger partial charge in [0, 0.05) is 0 Å². The minimum Gasteiger partial charge on any atom is -0.479 e. The lowest BCUT2D eigenvalue weighted by molar-refractivity contribution is -0.182. The van der Waals surface area contributed by atoms with Gasteiger partial charge in [0.2, 0.25) is 18.6 Å². The topological polar surface area (TPSA) is 152 Å². The molecule has 0 radical (unpaired) electrons. The van der Waals surface area contributed by atoms with E-state index in [-0.39, 0.29) is 32.1 Å². The maximum atomic E-state index is 13.4. The zero-order valence-corrected chi connectivity index (χ0v) is 22.0. The number of carboxylic acids is 1. The number of carbonyl (C=O) groups is 5. The largest absolute Gasteiger partial charge is 0.479 e. The van der Waals surface area contributed by atoms with Crippen LogP contribution in [0.2, 0.25) is 0 Å². The molecule has 3 aliphatic heterocycles. The van der Waals surface area contributed by atoms with Crippen LogP contribution >= 0.6 is 11.8 Å². The molecule has 1 aromatic rings. The van der Waals surface area contributed by atoms with E-state index in [2.05, 4.69) is 5.32 Å². The molecule has 3 heterocycles. The van der Waals surface area contributed by atoms with Crippen molar-refractivity contribution in [1.82, 2.24) is 15.3 Å². The van der Waals surface area contributed by atoms with Gasteiger partial charge in [-0.05, 0) is 44.9 Å². The molecule has 1 fully saturated rings. The molecule has 13 heteroatoms. The number of carbonyl (C=O) groups excluding carboxylic acids is 4. The second-order valence-electron chi connectivity index (χ2n) is 9.98. The van der Waals surface area contributed by atoms with Crippen molar-refractivity contribution in [2.75, 3.05) is 19.3 Å². The van der Waals surface area contributed by atoms with Crippen LogP contribution in [-0.4, -0.2) is 81.4 Å². The third kappa shape index (κ3) is 5.87. The summed E-state index contributed by atoms with van der Waals surface area (Å²) in [5, 5.41) is 13.3. The number of amides is 3. The van der Waals surface area contributed by atoms with Crippen molar-refractivity contribution in [3.8, 4) is 11.5 Å². The summed E-state index contributed by atoms with van der Waals surface area (Å²) in [6.45, 7) is 5.30. The van der Waals surface area contributed by atoms with Gasteiger partial charge in [0.25, 0.3) is 5.91 Å². The summed E-state index contributed by atoms with van der Waals surface area (Å²) in [6.07, 6.45) is 2.74. The van der Waals surface area contributed by atoms with E-state index in [9.17, 15) is 29.1 Å². The van der Waals surface area contributed by atoms with Crippen LogP contribution in [0.3, 0.4) is 0 Å². The van der Waals surface area contributed by atoms with Crippen molar-refractivity contribution in [1.29, 1.82) is 0 Å². The molecule has 1 aromatic carbocycles. The van der Waals surface area contributed by atoms with Gasteiger partial charge in [0.15, 0.2) is 17.5 Å². The van der Waals surface area contributed by atoms with Crippen molar-refractivity contribution >= 4 is 41.4 Å². The molecule has 0 bridgehead atoms. The Morgan fingerprint density at radius 3 is 2.66 bits per heavy atom. The summed E-state index contributed by atoms with van der Waals surface area (Å²) in [5.74, 6) is -2.45. The standard InChI is InChI=1S/C25H29N3O9S/c1-25(2,3)24(34)37-13-38-19(10-14-6-7-17-18(9-14)36-12-35-17)21(30)26-15-11-20(29)27-8-4-5-16(23(32)33)28(27)22(15)31/h4-7,9,15-16,19H,8,10-13H2,1-3H3,(H,26,30)(H,32,33)/t15?,16-,19-/m0/s1. The molecular formula is C25H29N3O9S. The number of hydrazine groups is 1. The van der Waals surface area contributed by atoms with Crippen molar-refractivity contribution in [3.05, 3.63) is 35.9 Å². The first-order valence-corrected chi connectivity index (χ1v) is 13.0. The Morgan fingerprint density at radius 2 is 1.95 bits per heavy atom. The zero-order chi connectivity index (χ0) is 27.6. The number of ether oxygens (including phenoxy) is 3. The monoisotopic (exact) mass is 547 g/mol. The average molecular weight is 548 g/mol. The van der Waals surface area contributed by atoms with Gasteiger partial charge >= 0.3 is 11.9 Å². The molecule has 3 amide bonds. The number of aliphatic carboxylic acids is 1. The number of rotatable bonds is 8. The summed E-state index contributed by atoms with van der Waals surface area (Å²) < 4.78 is 16.1. The molecule has 0 aliphatic carbocycles. The number of hydrogen-bond acceptors (Lipinski definition) is 9. The number of nitrogens with one attached hydrogen (secondary N) is 1. The Hall–Kier alpha value is -3.74. The third-order valence-electron chi connectivity index (χ3n) is 6.10. The highest BCUT2D eigenvalue weighted by atomic mass is 32.2. The molecule has 2 N–H and O–H groups in total. The van der Waals surface area contributed by atoms with E-state index < -0.39 is 52.4 Å². The molecular weight excluding hydrogens is 518 g/mol. The first-order chi connectivity index (χ1) is 18.0. The first kappa shape index (κ1) is 27.3. The van der Waals surface area contributed by atoms with Gasteiger partial charge in [-0.3, -0.25) is 19.2 Å². The molecule has 1 saturated heterocycles. The second kappa shape index (κ2) is 10.9. The van der Waals surface area contributed by atoms with Crippen LogP contribution in [0.15, 0.2) is 30.4 Å². The van der Waals surface area contributed by atoms with Gasteiger partial charge in [-0.2, -0.15) is 0 Å². The van der Waals surface area contributed by atoms with E-state index in [1.54, 1.807) is 39.0 Å². The lowest BCUT2D eigenvalue weighted by atomic mass is 9.98. The van der Waals surface area contributed by atoms with Gasteiger partial charge in [0.05, 0.1) is 23.6 Å². The minimum absolute atomic E-state index is 0.0662. The SMILES string of the molecule is CC(C)(C)C(=O)OCS[C@@H](Cc1ccc2c(c1)OCO2)C(=O)NC1CC(=O)N2CC=C[C@@H](C(=O)O)N2C1=O. The zero-order valence-electron chi connectivity index (χ0n) is 21.2. The number of hydrogen-bond donors (Lipinski definition) is 2. The van der Waals surface area contributed by atoms with Crippen LogP contribution in [0.5, 0.6) is 11.5 Å². The number of nitrogens with zero attached hydrogens (tertiary/aromatic N) is 2. The first-order valence-electron chi connectivity index (χ1n) is 12.0. The summed E-state index contributed by atoms with van der Waals surface area (Å²) in [5.41, 5.74) is 0.0216. The van der Waals surface area contributed by atoms with Gasteiger partial charge in [-0.25, -0.2) is 14.8 Å². The highest BCUT2D eigenvalue weighted by Gasteiger charge is 2.46. The van der Waals surface area contributed by atoms with Crippen LogP contribution in [0.25, 0.3) is 0 Å². The Bertz CT molecular complexity index is 1180. The van der Waals surface area contributed by atoms with E-state index in [0.717, 1.165) is 27.3 Å². The molecule has 3 aliphatic rings. The molecule has 12 nitrogen and oxygen atoms in total. The predicted octanol–water partition coefficient (Wildman–Crippen LogP) is 1.09.